The molecule has 0 bridgehead atoms. The largest absolute Gasteiger partial charge is 0.342 e. The Hall–Kier alpha value is -0.900. The minimum atomic E-state index is 0.0877. The van der Waals surface area contributed by atoms with Crippen LogP contribution in [0.5, 0.6) is 0 Å². The van der Waals surface area contributed by atoms with Gasteiger partial charge in [0.2, 0.25) is 0 Å². The Kier molecular flexibility index (Phi) is 4.94. The third kappa shape index (κ3) is 3.47. The molecule has 0 unspecified atom stereocenters. The standard InChI is InChI=1S/C17H26N2OS/c1-13(20)16-12-21-17(18-16)19(14-8-4-2-5-9-14)15-10-6-3-7-11-15/h12,14-15H,2-11H2,1H3. The Morgan fingerprint density at radius 1 is 1.05 bits per heavy atom. The van der Waals surface area contributed by atoms with Gasteiger partial charge >= 0.3 is 0 Å². The molecular weight excluding hydrogens is 280 g/mol. The van der Waals surface area contributed by atoms with Gasteiger partial charge in [-0.3, -0.25) is 4.79 Å². The average molecular weight is 306 g/mol. The molecule has 1 aromatic heterocycles. The number of aromatic nitrogens is 1. The Bertz CT molecular complexity index is 455. The maximum absolute atomic E-state index is 11.6. The second-order valence-corrected chi connectivity index (χ2v) is 7.40. The van der Waals surface area contributed by atoms with Crippen LogP contribution in [0.3, 0.4) is 0 Å². The summed E-state index contributed by atoms with van der Waals surface area (Å²) in [7, 11) is 0. The smallest absolute Gasteiger partial charge is 0.186 e. The molecule has 2 aliphatic rings. The van der Waals surface area contributed by atoms with Gasteiger partial charge in [0.25, 0.3) is 0 Å². The molecule has 0 N–H and O–H groups in total. The van der Waals surface area contributed by atoms with Crippen molar-refractivity contribution in [2.24, 2.45) is 0 Å². The predicted octanol–water partition coefficient (Wildman–Crippen LogP) is 4.82. The van der Waals surface area contributed by atoms with Crippen molar-refractivity contribution in [2.45, 2.75) is 83.2 Å². The minimum absolute atomic E-state index is 0.0877. The van der Waals surface area contributed by atoms with Crippen molar-refractivity contribution in [2.75, 3.05) is 4.90 Å². The fourth-order valence-corrected chi connectivity index (χ4v) is 4.88. The molecule has 21 heavy (non-hydrogen) atoms. The number of carbonyl (C=O) groups excluding carboxylic acids is 1. The van der Waals surface area contributed by atoms with Crippen LogP contribution >= 0.6 is 11.3 Å². The second-order valence-electron chi connectivity index (χ2n) is 6.56. The third-order valence-electron chi connectivity index (χ3n) is 5.01. The van der Waals surface area contributed by atoms with Crippen LogP contribution in [0.4, 0.5) is 5.13 Å². The van der Waals surface area contributed by atoms with Crippen molar-refractivity contribution >= 4 is 22.3 Å². The second kappa shape index (κ2) is 6.91. The van der Waals surface area contributed by atoms with Gasteiger partial charge in [0.15, 0.2) is 10.9 Å². The first-order chi connectivity index (χ1) is 10.3. The summed E-state index contributed by atoms with van der Waals surface area (Å²) in [6, 6.07) is 1.29. The molecule has 0 aliphatic heterocycles. The van der Waals surface area contributed by atoms with Crippen LogP contribution in [0.1, 0.15) is 81.6 Å². The van der Waals surface area contributed by atoms with Crippen LogP contribution in [0.25, 0.3) is 0 Å². The van der Waals surface area contributed by atoms with Gasteiger partial charge in [0, 0.05) is 24.4 Å². The average Bonchev–Trinajstić information content (AvgIpc) is 3.00. The van der Waals surface area contributed by atoms with Crippen molar-refractivity contribution in [1.29, 1.82) is 0 Å². The van der Waals surface area contributed by atoms with Crippen molar-refractivity contribution in [3.8, 4) is 0 Å². The quantitative estimate of drug-likeness (QED) is 0.748. The lowest BCUT2D eigenvalue weighted by atomic mass is 9.89. The number of thiazole rings is 1. The fraction of sp³-hybridized carbons (Fsp3) is 0.765. The maximum Gasteiger partial charge on any atom is 0.186 e. The highest BCUT2D eigenvalue weighted by Gasteiger charge is 2.31. The lowest BCUT2D eigenvalue weighted by Crippen LogP contribution is -2.45. The topological polar surface area (TPSA) is 33.2 Å². The molecule has 2 aliphatic carbocycles. The van der Waals surface area contributed by atoms with Crippen LogP contribution in [0.15, 0.2) is 5.38 Å². The molecule has 2 fully saturated rings. The zero-order chi connectivity index (χ0) is 14.7. The van der Waals surface area contributed by atoms with Crippen LogP contribution < -0.4 is 4.90 Å². The highest BCUT2D eigenvalue weighted by molar-refractivity contribution is 7.14. The van der Waals surface area contributed by atoms with Gasteiger partial charge in [-0.25, -0.2) is 4.98 Å². The highest BCUT2D eigenvalue weighted by Crippen LogP contribution is 2.35. The molecular formula is C17H26N2OS. The SMILES string of the molecule is CC(=O)c1csc(N(C2CCCCC2)C2CCCCC2)n1. The molecule has 0 saturated heterocycles. The van der Waals surface area contributed by atoms with E-state index in [2.05, 4.69) is 9.88 Å². The number of hydrogen-bond acceptors (Lipinski definition) is 4. The zero-order valence-corrected chi connectivity index (χ0v) is 13.8. The van der Waals surface area contributed by atoms with Gasteiger partial charge in [-0.15, -0.1) is 11.3 Å². The minimum Gasteiger partial charge on any atom is -0.342 e. The van der Waals surface area contributed by atoms with Crippen molar-refractivity contribution in [1.82, 2.24) is 4.98 Å². The summed E-state index contributed by atoms with van der Waals surface area (Å²) in [5.41, 5.74) is 0.645. The van der Waals surface area contributed by atoms with Gasteiger partial charge in [0.05, 0.1) is 0 Å². The monoisotopic (exact) mass is 306 g/mol. The molecule has 1 heterocycles. The lowest BCUT2D eigenvalue weighted by Gasteiger charge is -2.41. The van der Waals surface area contributed by atoms with Gasteiger partial charge < -0.3 is 4.90 Å². The Labute approximate surface area is 131 Å². The van der Waals surface area contributed by atoms with Gasteiger partial charge in [-0.05, 0) is 25.7 Å². The van der Waals surface area contributed by atoms with E-state index in [0.717, 1.165) is 5.13 Å². The summed E-state index contributed by atoms with van der Waals surface area (Å²) in [4.78, 5) is 18.8. The van der Waals surface area contributed by atoms with Gasteiger partial charge in [0.1, 0.15) is 5.69 Å². The summed E-state index contributed by atoms with van der Waals surface area (Å²) < 4.78 is 0. The van der Waals surface area contributed by atoms with E-state index in [0.29, 0.717) is 17.8 Å². The summed E-state index contributed by atoms with van der Waals surface area (Å²) in [5, 5.41) is 3.04. The Morgan fingerprint density at radius 3 is 2.00 bits per heavy atom. The number of rotatable bonds is 4. The first kappa shape index (κ1) is 15.0. The van der Waals surface area contributed by atoms with Crippen molar-refractivity contribution < 1.29 is 4.79 Å². The molecule has 3 rings (SSSR count). The molecule has 3 nitrogen and oxygen atoms in total. The van der Waals surface area contributed by atoms with Crippen LogP contribution in [-0.2, 0) is 0 Å². The van der Waals surface area contributed by atoms with E-state index in [1.54, 1.807) is 18.3 Å². The van der Waals surface area contributed by atoms with E-state index >= 15 is 0 Å². The number of hydrogen-bond donors (Lipinski definition) is 0. The maximum atomic E-state index is 11.6. The highest BCUT2D eigenvalue weighted by atomic mass is 32.1. The third-order valence-corrected chi connectivity index (χ3v) is 5.86. The van der Waals surface area contributed by atoms with Crippen LogP contribution in [0, 0.1) is 0 Å². The van der Waals surface area contributed by atoms with Gasteiger partial charge in [-0.1, -0.05) is 38.5 Å². The molecule has 2 saturated carbocycles. The summed E-state index contributed by atoms with van der Waals surface area (Å²) in [5.74, 6) is 0.0877. The van der Waals surface area contributed by atoms with E-state index in [9.17, 15) is 4.79 Å². The van der Waals surface area contributed by atoms with E-state index < -0.39 is 0 Å². The molecule has 0 aromatic carbocycles. The summed E-state index contributed by atoms with van der Waals surface area (Å²) in [6.45, 7) is 1.62. The van der Waals surface area contributed by atoms with Crippen molar-refractivity contribution in [3.05, 3.63) is 11.1 Å². The molecule has 0 amide bonds. The number of Topliss-reactive ketones (excluding diaryl/α,β-unsaturated/α-hetero) is 1. The fourth-order valence-electron chi connectivity index (χ4n) is 3.87. The zero-order valence-electron chi connectivity index (χ0n) is 13.0. The number of ketones is 1. The van der Waals surface area contributed by atoms with E-state index in [-0.39, 0.29) is 5.78 Å². The van der Waals surface area contributed by atoms with Crippen molar-refractivity contribution in [3.63, 3.8) is 0 Å². The first-order valence-corrected chi connectivity index (χ1v) is 9.38. The van der Waals surface area contributed by atoms with Crippen LogP contribution in [-0.4, -0.2) is 22.9 Å². The van der Waals surface area contributed by atoms with E-state index in [4.69, 9.17) is 0 Å². The molecule has 1 aromatic rings. The number of nitrogens with zero attached hydrogens (tertiary/aromatic N) is 2. The lowest BCUT2D eigenvalue weighted by molar-refractivity contribution is 0.101. The first-order valence-electron chi connectivity index (χ1n) is 8.50. The summed E-state index contributed by atoms with van der Waals surface area (Å²) in [6.07, 6.45) is 13.3. The Balaban J connectivity index is 1.84. The summed E-state index contributed by atoms with van der Waals surface area (Å²) >= 11 is 1.67. The normalized spacial score (nSPS) is 21.4. The van der Waals surface area contributed by atoms with E-state index in [1.807, 2.05) is 5.38 Å². The predicted molar refractivity (Wildman–Crippen MR) is 88.3 cm³/mol. The molecule has 0 atom stereocenters. The number of anilines is 1. The van der Waals surface area contributed by atoms with E-state index in [1.165, 1.54) is 64.2 Å². The Morgan fingerprint density at radius 2 is 1.57 bits per heavy atom. The van der Waals surface area contributed by atoms with Gasteiger partial charge in [-0.2, -0.15) is 0 Å². The molecule has 0 spiro atoms. The molecule has 116 valence electrons. The molecule has 4 heteroatoms. The molecule has 0 radical (unpaired) electrons. The number of carbonyl (C=O) groups is 1. The van der Waals surface area contributed by atoms with Crippen LogP contribution in [0.2, 0.25) is 0 Å².